The van der Waals surface area contributed by atoms with Crippen LogP contribution in [0.4, 0.5) is 10.2 Å². The first-order chi connectivity index (χ1) is 14.4. The van der Waals surface area contributed by atoms with Gasteiger partial charge in [0.05, 0.1) is 41.6 Å². The zero-order valence-corrected chi connectivity index (χ0v) is 18.3. The number of hydrogen-bond acceptors (Lipinski definition) is 4. The fourth-order valence-electron chi connectivity index (χ4n) is 5.16. The summed E-state index contributed by atoms with van der Waals surface area (Å²) in [5.74, 6) is 1.04. The van der Waals surface area contributed by atoms with E-state index in [2.05, 4.69) is 23.7 Å². The maximum absolute atomic E-state index is 14.8. The lowest BCUT2D eigenvalue weighted by Gasteiger charge is -2.42. The average Bonchev–Trinajstić information content (AvgIpc) is 3.32. The van der Waals surface area contributed by atoms with Crippen LogP contribution in [0.25, 0.3) is 16.8 Å². The van der Waals surface area contributed by atoms with Crippen molar-refractivity contribution in [3.05, 3.63) is 47.3 Å². The van der Waals surface area contributed by atoms with Crippen molar-refractivity contribution in [2.24, 2.45) is 11.3 Å². The van der Waals surface area contributed by atoms with Crippen LogP contribution in [0.2, 0.25) is 5.02 Å². The van der Waals surface area contributed by atoms with E-state index in [4.69, 9.17) is 21.3 Å². The number of halogens is 2. The highest BCUT2D eigenvalue weighted by Gasteiger charge is 2.47. The molecule has 2 atom stereocenters. The fraction of sp³-hybridized carbons (Fsp3) is 0.478. The first kappa shape index (κ1) is 19.8. The molecule has 1 spiro atoms. The van der Waals surface area contributed by atoms with Crippen LogP contribution in [-0.2, 0) is 4.74 Å². The molecule has 158 valence electrons. The lowest BCUT2D eigenvalue weighted by Crippen LogP contribution is -2.44. The molecule has 5 nitrogen and oxygen atoms in total. The second-order valence-corrected chi connectivity index (χ2v) is 9.18. The molecule has 4 heterocycles. The van der Waals surface area contributed by atoms with Crippen LogP contribution in [0.15, 0.2) is 30.7 Å². The van der Waals surface area contributed by atoms with Crippen LogP contribution >= 0.6 is 11.6 Å². The fourth-order valence-corrected chi connectivity index (χ4v) is 5.34. The Balaban J connectivity index is 1.52. The number of hydrogen-bond donors (Lipinski definition) is 0. The van der Waals surface area contributed by atoms with Gasteiger partial charge in [-0.25, -0.2) is 14.4 Å². The number of imidazole rings is 1. The van der Waals surface area contributed by atoms with E-state index in [0.717, 1.165) is 49.6 Å². The summed E-state index contributed by atoms with van der Waals surface area (Å²) in [6.45, 7) is 9.12. The van der Waals surface area contributed by atoms with E-state index in [1.807, 2.05) is 17.5 Å². The summed E-state index contributed by atoms with van der Waals surface area (Å²) in [7, 11) is 0. The number of piperidine rings is 1. The molecule has 7 heteroatoms. The van der Waals surface area contributed by atoms with E-state index in [9.17, 15) is 4.39 Å². The molecule has 0 amide bonds. The third-order valence-corrected chi connectivity index (χ3v) is 7.59. The number of nitrogens with zero attached hydrogens (tertiary/aromatic N) is 4. The first-order valence-corrected chi connectivity index (χ1v) is 10.9. The third kappa shape index (κ3) is 2.92. The van der Waals surface area contributed by atoms with Crippen LogP contribution in [0.5, 0.6) is 0 Å². The Labute approximate surface area is 180 Å². The maximum Gasteiger partial charge on any atom is 0.154 e. The summed E-state index contributed by atoms with van der Waals surface area (Å²) in [6.07, 6.45) is 6.03. The van der Waals surface area contributed by atoms with Gasteiger partial charge in [0.2, 0.25) is 0 Å². The van der Waals surface area contributed by atoms with Gasteiger partial charge in [-0.3, -0.25) is 4.40 Å². The van der Waals surface area contributed by atoms with Crippen molar-refractivity contribution >= 4 is 22.9 Å². The minimum Gasteiger partial charge on any atom is -0.378 e. The number of aryl methyl sites for hydroxylation is 1. The van der Waals surface area contributed by atoms with Gasteiger partial charge in [-0.2, -0.15) is 0 Å². The minimum atomic E-state index is -0.434. The molecule has 0 radical (unpaired) electrons. The molecule has 2 fully saturated rings. The highest BCUT2D eigenvalue weighted by Crippen LogP contribution is 2.47. The summed E-state index contributed by atoms with van der Waals surface area (Å²) >= 11 is 6.04. The van der Waals surface area contributed by atoms with Crippen LogP contribution in [-0.4, -0.2) is 40.2 Å². The van der Waals surface area contributed by atoms with E-state index in [-0.39, 0.29) is 10.4 Å². The van der Waals surface area contributed by atoms with Gasteiger partial charge in [0.1, 0.15) is 5.52 Å². The van der Waals surface area contributed by atoms with Crippen molar-refractivity contribution in [1.82, 2.24) is 14.4 Å². The van der Waals surface area contributed by atoms with Crippen molar-refractivity contribution in [1.29, 1.82) is 0 Å². The molecule has 0 bridgehead atoms. The van der Waals surface area contributed by atoms with Gasteiger partial charge < -0.3 is 9.64 Å². The van der Waals surface area contributed by atoms with Crippen molar-refractivity contribution < 1.29 is 9.13 Å². The number of anilines is 1. The second kappa shape index (κ2) is 7.20. The monoisotopic (exact) mass is 428 g/mol. The predicted molar refractivity (Wildman–Crippen MR) is 117 cm³/mol. The highest BCUT2D eigenvalue weighted by molar-refractivity contribution is 6.31. The molecule has 0 unspecified atom stereocenters. The molecular formula is C23H26ClFN4O. The Kier molecular flexibility index (Phi) is 4.75. The zero-order chi connectivity index (χ0) is 21.0. The lowest BCUT2D eigenvalue weighted by molar-refractivity contribution is 0.0969. The van der Waals surface area contributed by atoms with Gasteiger partial charge >= 0.3 is 0 Å². The van der Waals surface area contributed by atoms with Crippen LogP contribution in [0.3, 0.4) is 0 Å². The maximum atomic E-state index is 14.8. The Hall–Kier alpha value is -2.18. The number of rotatable bonds is 2. The number of benzene rings is 1. The van der Waals surface area contributed by atoms with Crippen molar-refractivity contribution in [3.8, 4) is 11.3 Å². The summed E-state index contributed by atoms with van der Waals surface area (Å²) in [5, 5.41) is 0.104. The Morgan fingerprint density at radius 3 is 2.70 bits per heavy atom. The Morgan fingerprint density at radius 1 is 1.23 bits per heavy atom. The lowest BCUT2D eigenvalue weighted by atomic mass is 9.70. The second-order valence-electron chi connectivity index (χ2n) is 8.77. The van der Waals surface area contributed by atoms with Crippen LogP contribution in [0.1, 0.15) is 32.4 Å². The summed E-state index contributed by atoms with van der Waals surface area (Å²) in [5.41, 5.74) is 3.03. The summed E-state index contributed by atoms with van der Waals surface area (Å²) in [6, 6.07) is 5.05. The Bertz CT molecular complexity index is 1110. The largest absolute Gasteiger partial charge is 0.378 e. The van der Waals surface area contributed by atoms with E-state index < -0.39 is 5.82 Å². The van der Waals surface area contributed by atoms with Crippen molar-refractivity contribution in [2.75, 3.05) is 24.6 Å². The molecule has 2 aliphatic heterocycles. The molecule has 0 aliphatic carbocycles. The quantitative estimate of drug-likeness (QED) is 0.567. The molecule has 2 aliphatic rings. The van der Waals surface area contributed by atoms with E-state index in [1.165, 1.54) is 0 Å². The van der Waals surface area contributed by atoms with Crippen LogP contribution < -0.4 is 4.90 Å². The first-order valence-electron chi connectivity index (χ1n) is 10.5. The van der Waals surface area contributed by atoms with Crippen molar-refractivity contribution in [2.45, 2.75) is 39.7 Å². The highest BCUT2D eigenvalue weighted by atomic mass is 35.5. The number of ether oxygens (including phenoxy) is 1. The number of fused-ring (bicyclic) bond motifs is 1. The molecule has 1 aromatic carbocycles. The molecule has 2 saturated heterocycles. The molecular weight excluding hydrogens is 403 g/mol. The van der Waals surface area contributed by atoms with Gasteiger partial charge in [-0.1, -0.05) is 24.6 Å². The summed E-state index contributed by atoms with van der Waals surface area (Å²) in [4.78, 5) is 11.6. The van der Waals surface area contributed by atoms with Gasteiger partial charge in [0.25, 0.3) is 0 Å². The predicted octanol–water partition coefficient (Wildman–Crippen LogP) is 5.14. The van der Waals surface area contributed by atoms with Gasteiger partial charge in [-0.05, 0) is 44.7 Å². The van der Waals surface area contributed by atoms with Gasteiger partial charge in [-0.15, -0.1) is 0 Å². The minimum absolute atomic E-state index is 0.104. The topological polar surface area (TPSA) is 42.7 Å². The molecule has 30 heavy (non-hydrogen) atoms. The SMILES string of the molecule is Cc1nc(N2CCC3(CC2)CO[C@@H](C)[C@H]3C)c2cncn2c1-c1cccc(Cl)c1F. The normalized spacial score (nSPS) is 23.6. The van der Waals surface area contributed by atoms with Gasteiger partial charge in [0.15, 0.2) is 11.6 Å². The Morgan fingerprint density at radius 2 is 2.00 bits per heavy atom. The molecule has 3 aromatic rings. The smallest absolute Gasteiger partial charge is 0.154 e. The molecule has 0 N–H and O–H groups in total. The van der Waals surface area contributed by atoms with Crippen LogP contribution in [0, 0.1) is 24.1 Å². The number of aromatic nitrogens is 3. The standard InChI is InChI=1S/C23H26ClFN4O/c1-14-16(3)30-12-23(14)7-9-28(10-8-23)22-19-11-26-13-29(19)21(15(2)27-22)17-5-4-6-18(24)20(17)25/h4-6,11,13-14,16H,7-10,12H2,1-3H3/t14-,16+/m1/s1. The average molecular weight is 429 g/mol. The van der Waals surface area contributed by atoms with E-state index >= 15 is 0 Å². The van der Waals surface area contributed by atoms with E-state index in [1.54, 1.807) is 24.5 Å². The molecule has 0 saturated carbocycles. The third-order valence-electron chi connectivity index (χ3n) is 7.29. The molecule has 2 aromatic heterocycles. The van der Waals surface area contributed by atoms with Crippen molar-refractivity contribution in [3.63, 3.8) is 0 Å². The molecule has 5 rings (SSSR count). The van der Waals surface area contributed by atoms with Gasteiger partial charge in [0, 0.05) is 24.1 Å². The summed E-state index contributed by atoms with van der Waals surface area (Å²) < 4.78 is 22.7. The van der Waals surface area contributed by atoms with E-state index in [0.29, 0.717) is 23.3 Å². The zero-order valence-electron chi connectivity index (χ0n) is 17.5.